The van der Waals surface area contributed by atoms with Crippen molar-refractivity contribution in [1.29, 1.82) is 0 Å². The maximum atomic E-state index is 11.7. The second-order valence-electron chi connectivity index (χ2n) is 4.35. The fourth-order valence-corrected chi connectivity index (χ4v) is 3.08. The summed E-state index contributed by atoms with van der Waals surface area (Å²) >= 11 is 0. The van der Waals surface area contributed by atoms with Crippen LogP contribution in [0.3, 0.4) is 0 Å². The van der Waals surface area contributed by atoms with Crippen molar-refractivity contribution in [2.75, 3.05) is 6.61 Å². The highest BCUT2D eigenvalue weighted by Gasteiger charge is 2.31. The molecule has 1 heterocycles. The molecule has 1 aromatic carbocycles. The van der Waals surface area contributed by atoms with E-state index >= 15 is 0 Å². The molecule has 0 aliphatic carbocycles. The number of carbonyl (C=O) groups excluding carboxylic acids is 1. The number of rotatable bonds is 3. The number of benzene rings is 1. The van der Waals surface area contributed by atoms with Crippen LogP contribution in [-0.2, 0) is 27.1 Å². The molecule has 0 radical (unpaired) electrons. The largest absolute Gasteiger partial charge is 0.465 e. The van der Waals surface area contributed by atoms with E-state index in [9.17, 15) is 19.1 Å². The third-order valence-electron chi connectivity index (χ3n) is 3.08. The van der Waals surface area contributed by atoms with Crippen molar-refractivity contribution >= 4 is 18.9 Å². The van der Waals surface area contributed by atoms with Crippen LogP contribution in [0.5, 0.6) is 0 Å². The highest BCUT2D eigenvalue weighted by atomic mass is 31.2. The quantitative estimate of drug-likeness (QED) is 0.537. The van der Waals surface area contributed by atoms with Crippen LogP contribution in [0.2, 0.25) is 0 Å². The summed E-state index contributed by atoms with van der Waals surface area (Å²) in [5, 5.41) is 3.01. The van der Waals surface area contributed by atoms with Crippen molar-refractivity contribution in [3.8, 4) is 0 Å². The van der Waals surface area contributed by atoms with Gasteiger partial charge in [-0.2, -0.15) is 0 Å². The Kier molecular flexibility index (Phi) is 4.06. The van der Waals surface area contributed by atoms with Crippen LogP contribution >= 0.6 is 7.60 Å². The smallest absolute Gasteiger partial charge is 0.356 e. The Hall–Kier alpha value is -1.20. The highest BCUT2D eigenvalue weighted by molar-refractivity contribution is 7.60. The number of hydrogen-bond acceptors (Lipinski definition) is 4. The van der Waals surface area contributed by atoms with E-state index in [2.05, 4.69) is 5.32 Å². The fourth-order valence-electron chi connectivity index (χ4n) is 2.21. The van der Waals surface area contributed by atoms with E-state index in [0.717, 1.165) is 5.56 Å². The zero-order valence-corrected chi connectivity index (χ0v) is 11.4. The monoisotopic (exact) mass is 285 g/mol. The summed E-state index contributed by atoms with van der Waals surface area (Å²) in [6.45, 7) is 2.40. The van der Waals surface area contributed by atoms with Crippen LogP contribution in [0, 0.1) is 0 Å². The Labute approximate surface area is 110 Å². The molecule has 1 atom stereocenters. The number of carbonyl (C=O) groups is 1. The lowest BCUT2D eigenvalue weighted by atomic mass is 9.96. The number of nitrogens with one attached hydrogen (secondary N) is 1. The molecule has 0 saturated carbocycles. The van der Waals surface area contributed by atoms with Crippen molar-refractivity contribution in [2.45, 2.75) is 25.9 Å². The van der Waals surface area contributed by atoms with E-state index in [4.69, 9.17) is 4.74 Å². The predicted octanol–water partition coefficient (Wildman–Crippen LogP) is 0.0670. The van der Waals surface area contributed by atoms with Crippen molar-refractivity contribution < 1.29 is 23.9 Å². The molecule has 104 valence electrons. The van der Waals surface area contributed by atoms with Gasteiger partial charge >= 0.3 is 13.6 Å². The molecule has 1 aliphatic rings. The molecular formula is C12H16NO5P. The van der Waals surface area contributed by atoms with E-state index in [1.54, 1.807) is 19.1 Å². The van der Waals surface area contributed by atoms with E-state index in [1.165, 1.54) is 6.07 Å². The standard InChI is InChI=1S/C12H16NO5P/c1-2-18-12(14)10-6-9-8(7-13-10)4-3-5-11(9)19(15,16)17/h3-5,10,13H,2,6-7H2,1H3,(H2,15,16,17). The molecule has 1 aromatic rings. The van der Waals surface area contributed by atoms with Crippen LogP contribution < -0.4 is 10.6 Å². The van der Waals surface area contributed by atoms with Crippen LogP contribution in [-0.4, -0.2) is 28.4 Å². The molecule has 0 aromatic heterocycles. The maximum absolute atomic E-state index is 11.7. The summed E-state index contributed by atoms with van der Waals surface area (Å²) in [7, 11) is -4.33. The molecule has 2 rings (SSSR count). The highest BCUT2D eigenvalue weighted by Crippen LogP contribution is 2.36. The van der Waals surface area contributed by atoms with Gasteiger partial charge in [0.2, 0.25) is 0 Å². The first-order valence-electron chi connectivity index (χ1n) is 6.00. The third kappa shape index (κ3) is 3.04. The van der Waals surface area contributed by atoms with Gasteiger partial charge in [-0.05, 0) is 30.5 Å². The van der Waals surface area contributed by atoms with E-state index < -0.39 is 19.6 Å². The van der Waals surface area contributed by atoms with Gasteiger partial charge in [0.15, 0.2) is 0 Å². The lowest BCUT2D eigenvalue weighted by Crippen LogP contribution is -2.44. The number of esters is 1. The molecule has 0 amide bonds. The molecule has 19 heavy (non-hydrogen) atoms. The lowest BCUT2D eigenvalue weighted by molar-refractivity contribution is -0.145. The molecule has 0 fully saturated rings. The van der Waals surface area contributed by atoms with Gasteiger partial charge < -0.3 is 19.8 Å². The van der Waals surface area contributed by atoms with Crippen molar-refractivity contribution in [2.24, 2.45) is 0 Å². The van der Waals surface area contributed by atoms with Gasteiger partial charge in [0.1, 0.15) is 6.04 Å². The first-order valence-corrected chi connectivity index (χ1v) is 7.61. The van der Waals surface area contributed by atoms with Gasteiger partial charge in [0, 0.05) is 6.54 Å². The molecule has 0 saturated heterocycles. The Bertz CT molecular complexity index is 539. The number of fused-ring (bicyclic) bond motifs is 1. The Balaban J connectivity index is 2.33. The molecule has 1 aliphatic heterocycles. The van der Waals surface area contributed by atoms with E-state index in [-0.39, 0.29) is 18.3 Å². The van der Waals surface area contributed by atoms with Gasteiger partial charge in [-0.25, -0.2) is 0 Å². The van der Waals surface area contributed by atoms with Crippen LogP contribution in [0.4, 0.5) is 0 Å². The lowest BCUT2D eigenvalue weighted by Gasteiger charge is -2.26. The minimum Gasteiger partial charge on any atom is -0.465 e. The Morgan fingerprint density at radius 1 is 1.53 bits per heavy atom. The third-order valence-corrected chi connectivity index (χ3v) is 4.13. The van der Waals surface area contributed by atoms with Gasteiger partial charge in [-0.3, -0.25) is 9.36 Å². The van der Waals surface area contributed by atoms with Crippen LogP contribution in [0.1, 0.15) is 18.1 Å². The van der Waals surface area contributed by atoms with Gasteiger partial charge in [0.25, 0.3) is 0 Å². The minimum absolute atomic E-state index is 0.000739. The number of ether oxygens (including phenoxy) is 1. The molecule has 0 spiro atoms. The van der Waals surface area contributed by atoms with Crippen molar-refractivity contribution in [3.05, 3.63) is 29.3 Å². The fraction of sp³-hybridized carbons (Fsp3) is 0.417. The summed E-state index contributed by atoms with van der Waals surface area (Å²) in [4.78, 5) is 30.4. The average Bonchev–Trinajstić information content (AvgIpc) is 2.36. The molecule has 3 N–H and O–H groups in total. The first-order chi connectivity index (χ1) is 8.93. The van der Waals surface area contributed by atoms with Gasteiger partial charge in [-0.1, -0.05) is 12.1 Å². The molecule has 7 heteroatoms. The first kappa shape index (κ1) is 14.2. The summed E-state index contributed by atoms with van der Waals surface area (Å²) in [6, 6.07) is 4.26. The second kappa shape index (κ2) is 5.43. The van der Waals surface area contributed by atoms with Crippen LogP contribution in [0.15, 0.2) is 18.2 Å². The van der Waals surface area contributed by atoms with Crippen molar-refractivity contribution in [1.82, 2.24) is 5.32 Å². The Morgan fingerprint density at radius 3 is 2.89 bits per heavy atom. The maximum Gasteiger partial charge on any atom is 0.356 e. The number of hydrogen-bond donors (Lipinski definition) is 3. The molecular weight excluding hydrogens is 269 g/mol. The average molecular weight is 285 g/mol. The zero-order chi connectivity index (χ0) is 14.0. The minimum atomic E-state index is -4.33. The van der Waals surface area contributed by atoms with Crippen molar-refractivity contribution in [3.63, 3.8) is 0 Å². The molecule has 1 unspecified atom stereocenters. The topological polar surface area (TPSA) is 95.9 Å². The SMILES string of the molecule is CCOC(=O)C1Cc2c(cccc2P(=O)(O)O)CN1. The molecule has 6 nitrogen and oxygen atoms in total. The van der Waals surface area contributed by atoms with E-state index in [1.807, 2.05) is 0 Å². The summed E-state index contributed by atoms with van der Waals surface area (Å²) in [6.07, 6.45) is 0.232. The Morgan fingerprint density at radius 2 is 2.26 bits per heavy atom. The molecule has 0 bridgehead atoms. The predicted molar refractivity (Wildman–Crippen MR) is 69.1 cm³/mol. The van der Waals surface area contributed by atoms with Gasteiger partial charge in [-0.15, -0.1) is 0 Å². The second-order valence-corrected chi connectivity index (χ2v) is 5.92. The normalized spacial score (nSPS) is 18.8. The summed E-state index contributed by atoms with van der Waals surface area (Å²) < 4.78 is 16.4. The van der Waals surface area contributed by atoms with E-state index in [0.29, 0.717) is 12.1 Å². The van der Waals surface area contributed by atoms with Gasteiger partial charge in [0.05, 0.1) is 11.9 Å². The summed E-state index contributed by atoms with van der Waals surface area (Å²) in [5.74, 6) is -0.395. The zero-order valence-electron chi connectivity index (χ0n) is 10.5. The summed E-state index contributed by atoms with van der Waals surface area (Å²) in [5.41, 5.74) is 1.36. The van der Waals surface area contributed by atoms with Crippen LogP contribution in [0.25, 0.3) is 0 Å².